The number of ether oxygens (including phenoxy) is 1. The van der Waals surface area contributed by atoms with Gasteiger partial charge < -0.3 is 15.0 Å². The molecule has 32 heavy (non-hydrogen) atoms. The summed E-state index contributed by atoms with van der Waals surface area (Å²) in [5.41, 5.74) is 1.80. The highest BCUT2D eigenvalue weighted by atomic mass is 32.2. The van der Waals surface area contributed by atoms with Gasteiger partial charge in [-0.05, 0) is 29.8 Å². The SMILES string of the molecule is O=C(Nc1cccc(CSc2ccccn2)c1)N1CCN(S(=O)(=O)N2CCOCC2)CC1. The Labute approximate surface area is 192 Å². The lowest BCUT2D eigenvalue weighted by Gasteiger charge is -2.37. The van der Waals surface area contributed by atoms with Gasteiger partial charge in [0, 0.05) is 56.9 Å². The zero-order valence-corrected chi connectivity index (χ0v) is 19.4. The molecule has 11 heteroatoms. The number of urea groups is 1. The molecular formula is C21H27N5O4S2. The number of nitrogens with one attached hydrogen (secondary N) is 1. The van der Waals surface area contributed by atoms with E-state index < -0.39 is 10.2 Å². The van der Waals surface area contributed by atoms with Crippen LogP contribution >= 0.6 is 11.8 Å². The molecule has 0 spiro atoms. The van der Waals surface area contributed by atoms with Crippen molar-refractivity contribution in [1.82, 2.24) is 18.5 Å². The van der Waals surface area contributed by atoms with Crippen LogP contribution in [-0.2, 0) is 20.7 Å². The summed E-state index contributed by atoms with van der Waals surface area (Å²) in [5, 5.41) is 3.89. The molecule has 0 bridgehead atoms. The zero-order chi connectivity index (χ0) is 22.4. The Morgan fingerprint density at radius 1 is 1.00 bits per heavy atom. The summed E-state index contributed by atoms with van der Waals surface area (Å²) in [7, 11) is -3.51. The fourth-order valence-corrected chi connectivity index (χ4v) is 5.96. The number of morpholine rings is 1. The maximum Gasteiger partial charge on any atom is 0.321 e. The van der Waals surface area contributed by atoms with Crippen LogP contribution in [0.5, 0.6) is 0 Å². The average Bonchev–Trinajstić information content (AvgIpc) is 2.84. The number of rotatable bonds is 6. The Hall–Kier alpha value is -2.18. The van der Waals surface area contributed by atoms with Gasteiger partial charge in [0.25, 0.3) is 10.2 Å². The van der Waals surface area contributed by atoms with Gasteiger partial charge in [0.2, 0.25) is 0 Å². The van der Waals surface area contributed by atoms with Crippen molar-refractivity contribution >= 4 is 33.7 Å². The Balaban J connectivity index is 1.28. The molecule has 1 aromatic heterocycles. The number of benzene rings is 1. The van der Waals surface area contributed by atoms with Crippen LogP contribution in [0.15, 0.2) is 53.7 Å². The standard InChI is InChI=1S/C21H27N5O4S2/c27-21(23-19-5-3-4-18(16-19)17-31-20-6-1-2-7-22-20)24-8-10-25(11-9-24)32(28,29)26-12-14-30-15-13-26/h1-7,16H,8-15,17H2,(H,23,27). The van der Waals surface area contributed by atoms with Gasteiger partial charge in [-0.3, -0.25) is 0 Å². The highest BCUT2D eigenvalue weighted by Crippen LogP contribution is 2.22. The number of carbonyl (C=O) groups excluding carboxylic acids is 1. The van der Waals surface area contributed by atoms with Crippen molar-refractivity contribution in [2.24, 2.45) is 0 Å². The van der Waals surface area contributed by atoms with Gasteiger partial charge in [-0.1, -0.05) is 18.2 Å². The number of anilines is 1. The van der Waals surface area contributed by atoms with Crippen LogP contribution in [0.1, 0.15) is 5.56 Å². The van der Waals surface area contributed by atoms with Gasteiger partial charge in [0.05, 0.1) is 18.2 Å². The molecule has 2 saturated heterocycles. The molecule has 0 saturated carbocycles. The van der Waals surface area contributed by atoms with Crippen molar-refractivity contribution in [2.75, 3.05) is 57.8 Å². The number of thioether (sulfide) groups is 1. The monoisotopic (exact) mass is 477 g/mol. The first kappa shape index (κ1) is 23.0. The number of carbonyl (C=O) groups is 1. The lowest BCUT2D eigenvalue weighted by molar-refractivity contribution is 0.0691. The molecule has 0 aliphatic carbocycles. The van der Waals surface area contributed by atoms with Crippen LogP contribution in [0.4, 0.5) is 10.5 Å². The molecule has 3 heterocycles. The fourth-order valence-electron chi connectivity index (χ4n) is 3.59. The number of nitrogens with zero attached hydrogens (tertiary/aromatic N) is 4. The summed E-state index contributed by atoms with van der Waals surface area (Å²) in [6.07, 6.45) is 1.77. The van der Waals surface area contributed by atoms with Gasteiger partial charge in [-0.2, -0.15) is 17.0 Å². The molecule has 0 unspecified atom stereocenters. The predicted molar refractivity (Wildman–Crippen MR) is 124 cm³/mol. The molecule has 172 valence electrons. The molecule has 9 nitrogen and oxygen atoms in total. The second-order valence-corrected chi connectivity index (χ2v) is 10.4. The summed E-state index contributed by atoms with van der Waals surface area (Å²) >= 11 is 1.63. The van der Waals surface area contributed by atoms with Crippen LogP contribution < -0.4 is 5.32 Å². The highest BCUT2D eigenvalue weighted by Gasteiger charge is 2.34. The second kappa shape index (κ2) is 10.6. The summed E-state index contributed by atoms with van der Waals surface area (Å²) in [6.45, 7) is 2.86. The molecule has 2 aromatic rings. The predicted octanol–water partition coefficient (Wildman–Crippen LogP) is 2.10. The lowest BCUT2D eigenvalue weighted by Crippen LogP contribution is -2.56. The first-order valence-corrected chi connectivity index (χ1v) is 12.9. The Morgan fingerprint density at radius 2 is 1.75 bits per heavy atom. The van der Waals surface area contributed by atoms with Crippen LogP contribution in [-0.4, -0.2) is 85.4 Å². The summed E-state index contributed by atoms with van der Waals surface area (Å²) < 4.78 is 33.7. The van der Waals surface area contributed by atoms with Gasteiger partial charge in [0.1, 0.15) is 0 Å². The van der Waals surface area contributed by atoms with E-state index >= 15 is 0 Å². The minimum atomic E-state index is -3.51. The number of aromatic nitrogens is 1. The minimum absolute atomic E-state index is 0.219. The molecule has 1 N–H and O–H groups in total. The smallest absolute Gasteiger partial charge is 0.321 e. The molecule has 0 atom stereocenters. The molecular weight excluding hydrogens is 450 g/mol. The number of piperazine rings is 1. The van der Waals surface area contributed by atoms with Crippen molar-refractivity contribution in [1.29, 1.82) is 0 Å². The molecule has 2 aliphatic rings. The Kier molecular flexibility index (Phi) is 7.63. The van der Waals surface area contributed by atoms with Crippen molar-refractivity contribution in [3.05, 3.63) is 54.2 Å². The van der Waals surface area contributed by atoms with E-state index in [0.29, 0.717) is 39.4 Å². The van der Waals surface area contributed by atoms with Crippen molar-refractivity contribution in [3.8, 4) is 0 Å². The highest BCUT2D eigenvalue weighted by molar-refractivity contribution is 7.98. The fraction of sp³-hybridized carbons (Fsp3) is 0.429. The minimum Gasteiger partial charge on any atom is -0.379 e. The summed E-state index contributed by atoms with van der Waals surface area (Å²) in [6, 6.07) is 13.3. The average molecular weight is 478 g/mol. The van der Waals surface area contributed by atoms with E-state index in [2.05, 4.69) is 10.3 Å². The second-order valence-electron chi connectivity index (χ2n) is 7.49. The Morgan fingerprint density at radius 3 is 2.47 bits per heavy atom. The zero-order valence-electron chi connectivity index (χ0n) is 17.7. The molecule has 2 amide bonds. The van der Waals surface area contributed by atoms with Crippen LogP contribution in [0.2, 0.25) is 0 Å². The van der Waals surface area contributed by atoms with E-state index in [1.54, 1.807) is 22.9 Å². The number of amides is 2. The third kappa shape index (κ3) is 5.78. The number of hydrogen-bond acceptors (Lipinski definition) is 6. The van der Waals surface area contributed by atoms with E-state index in [1.165, 1.54) is 8.61 Å². The normalized spacial score (nSPS) is 18.4. The third-order valence-corrected chi connectivity index (χ3v) is 8.40. The molecule has 0 radical (unpaired) electrons. The topological polar surface area (TPSA) is 95.1 Å². The van der Waals surface area contributed by atoms with Gasteiger partial charge in [0.15, 0.2) is 0 Å². The molecule has 4 rings (SSSR count). The lowest BCUT2D eigenvalue weighted by atomic mass is 10.2. The molecule has 2 aliphatic heterocycles. The van der Waals surface area contributed by atoms with Gasteiger partial charge in [-0.15, -0.1) is 11.8 Å². The largest absolute Gasteiger partial charge is 0.379 e. The number of pyridine rings is 1. The van der Waals surface area contributed by atoms with E-state index in [1.807, 2.05) is 42.5 Å². The molecule has 1 aromatic carbocycles. The maximum absolute atomic E-state index is 12.8. The number of hydrogen-bond donors (Lipinski definition) is 1. The van der Waals surface area contributed by atoms with Gasteiger partial charge >= 0.3 is 6.03 Å². The first-order valence-electron chi connectivity index (χ1n) is 10.5. The summed E-state index contributed by atoms with van der Waals surface area (Å²) in [4.78, 5) is 18.7. The molecule has 2 fully saturated rings. The quantitative estimate of drug-likeness (QED) is 0.641. The van der Waals surface area contributed by atoms with E-state index in [4.69, 9.17) is 4.74 Å². The van der Waals surface area contributed by atoms with E-state index in [9.17, 15) is 13.2 Å². The van der Waals surface area contributed by atoms with Crippen LogP contribution in [0, 0.1) is 0 Å². The van der Waals surface area contributed by atoms with Crippen molar-refractivity contribution in [3.63, 3.8) is 0 Å². The van der Waals surface area contributed by atoms with Crippen molar-refractivity contribution < 1.29 is 17.9 Å². The van der Waals surface area contributed by atoms with Crippen LogP contribution in [0.25, 0.3) is 0 Å². The van der Waals surface area contributed by atoms with Crippen LogP contribution in [0.3, 0.4) is 0 Å². The van der Waals surface area contributed by atoms with Gasteiger partial charge in [-0.25, -0.2) is 9.78 Å². The maximum atomic E-state index is 12.8. The Bertz CT molecular complexity index is 1010. The van der Waals surface area contributed by atoms with Crippen molar-refractivity contribution in [2.45, 2.75) is 10.8 Å². The van der Waals surface area contributed by atoms with E-state index in [0.717, 1.165) is 22.0 Å². The van der Waals surface area contributed by atoms with E-state index in [-0.39, 0.29) is 19.1 Å². The third-order valence-electron chi connectivity index (χ3n) is 5.35. The summed E-state index contributed by atoms with van der Waals surface area (Å²) in [5.74, 6) is 0.749. The first-order chi connectivity index (χ1) is 15.5.